The molecule has 3 rings (SSSR count). The largest absolute Gasteiger partial charge is 0.494 e. The van der Waals surface area contributed by atoms with E-state index in [1.54, 1.807) is 30.5 Å². The van der Waals surface area contributed by atoms with Crippen LogP contribution in [0.3, 0.4) is 0 Å². The number of carbonyl (C=O) groups is 2. The first kappa shape index (κ1) is 20.3. The van der Waals surface area contributed by atoms with Gasteiger partial charge in [0.15, 0.2) is 5.78 Å². The van der Waals surface area contributed by atoms with Gasteiger partial charge in [-0.3, -0.25) is 14.3 Å². The molecule has 0 bridgehead atoms. The average molecular weight is 391 g/mol. The third-order valence-electron chi connectivity index (χ3n) is 4.55. The van der Waals surface area contributed by atoms with Gasteiger partial charge >= 0.3 is 0 Å². The van der Waals surface area contributed by atoms with E-state index in [9.17, 15) is 9.59 Å². The predicted molar refractivity (Wildman–Crippen MR) is 111 cm³/mol. The second kappa shape index (κ2) is 10.2. The third kappa shape index (κ3) is 6.04. The van der Waals surface area contributed by atoms with Crippen LogP contribution in [0.2, 0.25) is 0 Å². The Morgan fingerprint density at radius 2 is 1.76 bits per heavy atom. The molecular formula is C23H25N3O3. The molecule has 3 aromatic rings. The zero-order valence-corrected chi connectivity index (χ0v) is 16.5. The second-order valence-electron chi connectivity index (χ2n) is 6.63. The molecule has 6 nitrogen and oxygen atoms in total. The Labute approximate surface area is 170 Å². The highest BCUT2D eigenvalue weighted by Gasteiger charge is 2.10. The fraction of sp³-hybridized carbons (Fsp3) is 0.261. The zero-order valence-electron chi connectivity index (χ0n) is 16.5. The number of amides is 1. The van der Waals surface area contributed by atoms with Crippen molar-refractivity contribution in [2.75, 3.05) is 6.61 Å². The van der Waals surface area contributed by atoms with E-state index in [1.165, 1.54) is 0 Å². The molecule has 0 radical (unpaired) electrons. The highest BCUT2D eigenvalue weighted by molar-refractivity contribution is 5.98. The van der Waals surface area contributed by atoms with Gasteiger partial charge < -0.3 is 10.1 Å². The maximum atomic E-state index is 12.3. The maximum Gasteiger partial charge on any atom is 0.220 e. The summed E-state index contributed by atoms with van der Waals surface area (Å²) in [5.41, 5.74) is 2.72. The van der Waals surface area contributed by atoms with Gasteiger partial charge in [-0.05, 0) is 48.4 Å². The van der Waals surface area contributed by atoms with Crippen LogP contribution < -0.4 is 10.1 Å². The van der Waals surface area contributed by atoms with Gasteiger partial charge in [-0.25, -0.2) is 0 Å². The van der Waals surface area contributed by atoms with Gasteiger partial charge in [0.1, 0.15) is 5.75 Å². The van der Waals surface area contributed by atoms with Crippen molar-refractivity contribution in [2.24, 2.45) is 0 Å². The number of nitrogens with one attached hydrogen (secondary N) is 1. The molecule has 0 aliphatic carbocycles. The lowest BCUT2D eigenvalue weighted by Crippen LogP contribution is -2.24. The lowest BCUT2D eigenvalue weighted by molar-refractivity contribution is -0.121. The van der Waals surface area contributed by atoms with Gasteiger partial charge in [0.25, 0.3) is 0 Å². The molecule has 0 fully saturated rings. The number of rotatable bonds is 10. The highest BCUT2D eigenvalue weighted by Crippen LogP contribution is 2.14. The van der Waals surface area contributed by atoms with Gasteiger partial charge in [0.2, 0.25) is 5.91 Å². The Morgan fingerprint density at radius 3 is 2.45 bits per heavy atom. The van der Waals surface area contributed by atoms with E-state index in [1.807, 2.05) is 48.1 Å². The third-order valence-corrected chi connectivity index (χ3v) is 4.55. The van der Waals surface area contributed by atoms with Crippen molar-refractivity contribution in [2.45, 2.75) is 32.9 Å². The maximum absolute atomic E-state index is 12.3. The van der Waals surface area contributed by atoms with Crippen molar-refractivity contribution < 1.29 is 14.3 Å². The Balaban J connectivity index is 1.48. The Morgan fingerprint density at radius 1 is 1.00 bits per heavy atom. The second-order valence-corrected chi connectivity index (χ2v) is 6.63. The number of carbonyl (C=O) groups excluding carboxylic acids is 2. The molecule has 0 aliphatic heterocycles. The van der Waals surface area contributed by atoms with E-state index < -0.39 is 0 Å². The van der Waals surface area contributed by atoms with E-state index in [-0.39, 0.29) is 24.5 Å². The average Bonchev–Trinajstić information content (AvgIpc) is 3.25. The Bertz CT molecular complexity index is 934. The molecular weight excluding hydrogens is 366 g/mol. The fourth-order valence-electron chi connectivity index (χ4n) is 3.01. The van der Waals surface area contributed by atoms with Crippen LogP contribution in [0.4, 0.5) is 0 Å². The molecule has 29 heavy (non-hydrogen) atoms. The molecule has 0 aliphatic rings. The van der Waals surface area contributed by atoms with Crippen molar-refractivity contribution in [3.8, 4) is 5.75 Å². The molecule has 1 heterocycles. The minimum Gasteiger partial charge on any atom is -0.494 e. The fourth-order valence-corrected chi connectivity index (χ4v) is 3.01. The van der Waals surface area contributed by atoms with E-state index >= 15 is 0 Å². The summed E-state index contributed by atoms with van der Waals surface area (Å²) < 4.78 is 7.22. The summed E-state index contributed by atoms with van der Waals surface area (Å²) in [6.07, 6.45) is 3.98. The molecule has 1 amide bonds. The molecule has 0 saturated heterocycles. The Kier molecular flexibility index (Phi) is 7.16. The highest BCUT2D eigenvalue weighted by atomic mass is 16.5. The standard InChI is InChI=1S/C23H25N3O3/c1-2-29-21-10-8-18(9-11-21)22(27)12-13-23(28)24-16-19-6-3-4-7-20(19)17-26-15-5-14-25-26/h3-11,14-15H,2,12-13,16-17H2,1H3,(H,24,28). The summed E-state index contributed by atoms with van der Waals surface area (Å²) >= 11 is 0. The van der Waals surface area contributed by atoms with Crippen molar-refractivity contribution in [1.82, 2.24) is 15.1 Å². The van der Waals surface area contributed by atoms with Gasteiger partial charge in [-0.1, -0.05) is 24.3 Å². The number of hydrogen-bond acceptors (Lipinski definition) is 4. The van der Waals surface area contributed by atoms with Gasteiger partial charge in [-0.2, -0.15) is 5.10 Å². The molecule has 6 heteroatoms. The number of ketones is 1. The van der Waals surface area contributed by atoms with E-state index in [0.717, 1.165) is 16.9 Å². The topological polar surface area (TPSA) is 73.2 Å². The zero-order chi connectivity index (χ0) is 20.5. The van der Waals surface area contributed by atoms with Crippen LogP contribution in [0.15, 0.2) is 67.0 Å². The van der Waals surface area contributed by atoms with Crippen molar-refractivity contribution in [1.29, 1.82) is 0 Å². The quantitative estimate of drug-likeness (QED) is 0.536. The van der Waals surface area contributed by atoms with Crippen molar-refractivity contribution in [3.63, 3.8) is 0 Å². The smallest absolute Gasteiger partial charge is 0.220 e. The normalized spacial score (nSPS) is 10.5. The molecule has 0 spiro atoms. The molecule has 150 valence electrons. The number of nitrogens with zero attached hydrogens (tertiary/aromatic N) is 2. The van der Waals surface area contributed by atoms with E-state index in [0.29, 0.717) is 25.3 Å². The number of hydrogen-bond donors (Lipinski definition) is 1. The molecule has 0 atom stereocenters. The van der Waals surface area contributed by atoms with Crippen LogP contribution in [0.5, 0.6) is 5.75 Å². The van der Waals surface area contributed by atoms with Crippen LogP contribution in [0.25, 0.3) is 0 Å². The summed E-state index contributed by atoms with van der Waals surface area (Å²) in [6.45, 7) is 3.56. The molecule has 0 saturated carbocycles. The van der Waals surface area contributed by atoms with E-state index in [2.05, 4.69) is 10.4 Å². The van der Waals surface area contributed by atoms with Gasteiger partial charge in [0.05, 0.1) is 13.2 Å². The monoisotopic (exact) mass is 391 g/mol. The first-order valence-corrected chi connectivity index (χ1v) is 9.72. The SMILES string of the molecule is CCOc1ccc(C(=O)CCC(=O)NCc2ccccc2Cn2cccn2)cc1. The van der Waals surface area contributed by atoms with Crippen LogP contribution in [0.1, 0.15) is 41.3 Å². The minimum absolute atomic E-state index is 0.0534. The summed E-state index contributed by atoms with van der Waals surface area (Å²) in [7, 11) is 0. The van der Waals surface area contributed by atoms with Crippen LogP contribution in [-0.4, -0.2) is 28.1 Å². The lowest BCUT2D eigenvalue weighted by atomic mass is 10.1. The minimum atomic E-state index is -0.141. The predicted octanol–water partition coefficient (Wildman–Crippen LogP) is 3.61. The summed E-state index contributed by atoms with van der Waals surface area (Å²) in [5.74, 6) is 0.538. The number of benzene rings is 2. The summed E-state index contributed by atoms with van der Waals surface area (Å²) in [4.78, 5) is 24.5. The summed E-state index contributed by atoms with van der Waals surface area (Å²) in [5, 5.41) is 7.14. The first-order chi connectivity index (χ1) is 14.2. The Hall–Kier alpha value is -3.41. The lowest BCUT2D eigenvalue weighted by Gasteiger charge is -2.11. The number of aromatic nitrogens is 2. The van der Waals surface area contributed by atoms with Crippen LogP contribution >= 0.6 is 0 Å². The summed E-state index contributed by atoms with van der Waals surface area (Å²) in [6, 6.07) is 16.8. The van der Waals surface area contributed by atoms with Crippen molar-refractivity contribution >= 4 is 11.7 Å². The van der Waals surface area contributed by atoms with Crippen LogP contribution in [0, 0.1) is 0 Å². The van der Waals surface area contributed by atoms with Gasteiger partial charge in [-0.15, -0.1) is 0 Å². The van der Waals surface area contributed by atoms with E-state index in [4.69, 9.17) is 4.74 Å². The number of Topliss-reactive ketones (excluding diaryl/α,β-unsaturated/α-hetero) is 1. The van der Waals surface area contributed by atoms with Crippen molar-refractivity contribution in [3.05, 3.63) is 83.7 Å². The molecule has 1 N–H and O–H groups in total. The first-order valence-electron chi connectivity index (χ1n) is 9.72. The van der Waals surface area contributed by atoms with Gasteiger partial charge in [0, 0.05) is 37.3 Å². The molecule has 2 aromatic carbocycles. The molecule has 1 aromatic heterocycles. The number of ether oxygens (including phenoxy) is 1. The molecule has 0 unspecified atom stereocenters. The van der Waals surface area contributed by atoms with Crippen LogP contribution in [-0.2, 0) is 17.9 Å².